The lowest BCUT2D eigenvalue weighted by atomic mass is 9.92. The fourth-order valence-corrected chi connectivity index (χ4v) is 2.62. The van der Waals surface area contributed by atoms with Crippen LogP contribution in [-0.4, -0.2) is 9.55 Å². The van der Waals surface area contributed by atoms with Gasteiger partial charge in [0.05, 0.1) is 12.0 Å². The second-order valence-electron chi connectivity index (χ2n) is 5.56. The summed E-state index contributed by atoms with van der Waals surface area (Å²) in [5.74, 6) is 0.687. The molecule has 0 spiro atoms. The van der Waals surface area contributed by atoms with Gasteiger partial charge in [-0.05, 0) is 34.7 Å². The van der Waals surface area contributed by atoms with Crippen LogP contribution in [0.2, 0.25) is 0 Å². The van der Waals surface area contributed by atoms with Crippen molar-refractivity contribution in [3.63, 3.8) is 0 Å². The molecule has 88 valence electrons. The smallest absolute Gasteiger partial charge is 0.267 e. The van der Waals surface area contributed by atoms with E-state index < -0.39 is 0 Å². The molecule has 0 radical (unpaired) electrons. The highest BCUT2D eigenvalue weighted by Crippen LogP contribution is 2.30. The zero-order valence-electron chi connectivity index (χ0n) is 9.96. The Kier molecular flexibility index (Phi) is 2.95. The zero-order valence-corrected chi connectivity index (χ0v) is 11.5. The van der Waals surface area contributed by atoms with Crippen molar-refractivity contribution in [1.29, 1.82) is 0 Å². The van der Waals surface area contributed by atoms with Crippen molar-refractivity contribution in [2.45, 2.75) is 45.6 Å². The summed E-state index contributed by atoms with van der Waals surface area (Å²) in [6.45, 7) is 7.00. The first-order valence-corrected chi connectivity index (χ1v) is 6.44. The van der Waals surface area contributed by atoms with Crippen molar-refractivity contribution in [2.75, 3.05) is 0 Å². The van der Waals surface area contributed by atoms with Gasteiger partial charge in [-0.3, -0.25) is 9.36 Å². The van der Waals surface area contributed by atoms with Gasteiger partial charge in [-0.1, -0.05) is 20.8 Å². The molecule has 0 N–H and O–H groups in total. The minimum Gasteiger partial charge on any atom is -0.298 e. The van der Waals surface area contributed by atoms with Gasteiger partial charge in [-0.15, -0.1) is 0 Å². The van der Waals surface area contributed by atoms with Gasteiger partial charge < -0.3 is 0 Å². The summed E-state index contributed by atoms with van der Waals surface area (Å²) in [5, 5.41) is 0. The average molecular weight is 285 g/mol. The molecule has 0 aliphatic heterocycles. The molecule has 1 aliphatic rings. The van der Waals surface area contributed by atoms with Crippen molar-refractivity contribution < 1.29 is 0 Å². The lowest BCUT2D eigenvalue weighted by Crippen LogP contribution is -2.27. The molecule has 0 amide bonds. The predicted octanol–water partition coefficient (Wildman–Crippen LogP) is 2.71. The van der Waals surface area contributed by atoms with E-state index in [-0.39, 0.29) is 11.0 Å². The lowest BCUT2D eigenvalue weighted by molar-refractivity contribution is 0.536. The normalized spacial score (nSPS) is 16.5. The molecule has 3 nitrogen and oxygen atoms in total. The van der Waals surface area contributed by atoms with Crippen molar-refractivity contribution >= 4 is 15.9 Å². The van der Waals surface area contributed by atoms with Gasteiger partial charge in [-0.25, -0.2) is 4.98 Å². The molecular weight excluding hydrogens is 268 g/mol. The van der Waals surface area contributed by atoms with Crippen LogP contribution in [0.5, 0.6) is 0 Å². The maximum absolute atomic E-state index is 12.1. The summed E-state index contributed by atoms with van der Waals surface area (Å²) in [6.07, 6.45) is 4.17. The van der Waals surface area contributed by atoms with Gasteiger partial charge in [0.1, 0.15) is 4.47 Å². The molecular formula is C12H17BrN2O. The fraction of sp³-hybridized carbons (Fsp3) is 0.667. The molecule has 4 heteroatoms. The Morgan fingerprint density at radius 3 is 2.62 bits per heavy atom. The van der Waals surface area contributed by atoms with E-state index in [1.54, 1.807) is 10.9 Å². The highest BCUT2D eigenvalue weighted by Gasteiger charge is 2.25. The Hall–Kier alpha value is -0.640. The molecule has 1 saturated carbocycles. The molecule has 1 fully saturated rings. The van der Waals surface area contributed by atoms with Crippen LogP contribution in [0.1, 0.15) is 39.3 Å². The Bertz CT molecular complexity index is 455. The van der Waals surface area contributed by atoms with Gasteiger partial charge in [0.15, 0.2) is 0 Å². The Balaban J connectivity index is 2.39. The Morgan fingerprint density at radius 2 is 2.12 bits per heavy atom. The van der Waals surface area contributed by atoms with Gasteiger partial charge in [0, 0.05) is 12.0 Å². The molecule has 0 bridgehead atoms. The second-order valence-corrected chi connectivity index (χ2v) is 6.35. The summed E-state index contributed by atoms with van der Waals surface area (Å²) in [5.41, 5.74) is 0.785. The SMILES string of the molecule is CC(C)(C)c1ncn(CC2CC2)c(=O)c1Br. The number of rotatable bonds is 2. The molecule has 1 aliphatic carbocycles. The molecule has 1 aromatic rings. The number of nitrogens with zero attached hydrogens (tertiary/aromatic N) is 2. The van der Waals surface area contributed by atoms with Gasteiger partial charge in [0.2, 0.25) is 0 Å². The largest absolute Gasteiger partial charge is 0.298 e. The standard InChI is InChI=1S/C12H17BrN2O/c1-12(2,3)10-9(13)11(16)15(7-14-10)6-8-4-5-8/h7-8H,4-6H2,1-3H3. The van der Waals surface area contributed by atoms with Gasteiger partial charge in [0.25, 0.3) is 5.56 Å². The summed E-state index contributed by atoms with van der Waals surface area (Å²) < 4.78 is 2.33. The number of halogens is 1. The van der Waals surface area contributed by atoms with Crippen molar-refractivity contribution in [3.05, 3.63) is 26.8 Å². The molecule has 1 heterocycles. The minimum absolute atomic E-state index is 0.0480. The van der Waals surface area contributed by atoms with Crippen LogP contribution in [0.25, 0.3) is 0 Å². The first-order valence-electron chi connectivity index (χ1n) is 5.65. The highest BCUT2D eigenvalue weighted by molar-refractivity contribution is 9.10. The maximum atomic E-state index is 12.1. The maximum Gasteiger partial charge on any atom is 0.267 e. The van der Waals surface area contributed by atoms with Crippen LogP contribution in [0.15, 0.2) is 15.6 Å². The summed E-state index contributed by atoms with van der Waals surface area (Å²) in [6, 6.07) is 0. The fourth-order valence-electron chi connectivity index (χ4n) is 1.70. The molecule has 0 unspecified atom stereocenters. The highest BCUT2D eigenvalue weighted by atomic mass is 79.9. The quantitative estimate of drug-likeness (QED) is 0.837. The van der Waals surface area contributed by atoms with E-state index >= 15 is 0 Å². The topological polar surface area (TPSA) is 34.9 Å². The molecule has 0 atom stereocenters. The average Bonchev–Trinajstić information content (AvgIpc) is 2.95. The van der Waals surface area contributed by atoms with E-state index in [2.05, 4.69) is 41.7 Å². The van der Waals surface area contributed by atoms with Gasteiger partial charge in [-0.2, -0.15) is 0 Å². The molecule has 1 aromatic heterocycles. The monoisotopic (exact) mass is 284 g/mol. The van der Waals surface area contributed by atoms with Crippen LogP contribution in [0, 0.1) is 5.92 Å². The van der Waals surface area contributed by atoms with Crippen LogP contribution < -0.4 is 5.56 Å². The molecule has 0 saturated heterocycles. The lowest BCUT2D eigenvalue weighted by Gasteiger charge is -2.19. The number of hydrogen-bond donors (Lipinski definition) is 0. The van der Waals surface area contributed by atoms with Crippen molar-refractivity contribution in [1.82, 2.24) is 9.55 Å². The first-order chi connectivity index (χ1) is 7.39. The zero-order chi connectivity index (χ0) is 11.9. The van der Waals surface area contributed by atoms with E-state index in [4.69, 9.17) is 0 Å². The van der Waals surface area contributed by atoms with Crippen molar-refractivity contribution in [2.24, 2.45) is 5.92 Å². The minimum atomic E-state index is -0.101. The van der Waals surface area contributed by atoms with E-state index in [0.29, 0.717) is 10.4 Å². The Labute approximate surface area is 104 Å². The van der Waals surface area contributed by atoms with E-state index in [1.165, 1.54) is 12.8 Å². The number of hydrogen-bond acceptors (Lipinski definition) is 2. The third-order valence-corrected chi connectivity index (χ3v) is 3.56. The third kappa shape index (κ3) is 2.37. The van der Waals surface area contributed by atoms with E-state index in [1.807, 2.05) is 0 Å². The second kappa shape index (κ2) is 3.99. The van der Waals surface area contributed by atoms with Crippen LogP contribution in [0.4, 0.5) is 0 Å². The number of aromatic nitrogens is 2. The summed E-state index contributed by atoms with van der Waals surface area (Å²) in [7, 11) is 0. The molecule has 16 heavy (non-hydrogen) atoms. The van der Waals surface area contributed by atoms with Crippen LogP contribution in [0.3, 0.4) is 0 Å². The predicted molar refractivity (Wildman–Crippen MR) is 67.6 cm³/mol. The van der Waals surface area contributed by atoms with Crippen molar-refractivity contribution in [3.8, 4) is 0 Å². The summed E-state index contributed by atoms with van der Waals surface area (Å²) >= 11 is 3.38. The Morgan fingerprint density at radius 1 is 1.50 bits per heavy atom. The van der Waals surface area contributed by atoms with Crippen LogP contribution >= 0.6 is 15.9 Å². The van der Waals surface area contributed by atoms with E-state index in [9.17, 15) is 4.79 Å². The van der Waals surface area contributed by atoms with Gasteiger partial charge >= 0.3 is 0 Å². The molecule has 0 aromatic carbocycles. The van der Waals surface area contributed by atoms with E-state index in [0.717, 1.165) is 12.2 Å². The molecule has 2 rings (SSSR count). The first kappa shape index (κ1) is 11.8. The van der Waals surface area contributed by atoms with Crippen LogP contribution in [-0.2, 0) is 12.0 Å². The third-order valence-electron chi connectivity index (χ3n) is 2.84. The summed E-state index contributed by atoms with van der Waals surface area (Å²) in [4.78, 5) is 16.5.